The Balaban J connectivity index is 2.86. The van der Waals surface area contributed by atoms with Crippen LogP contribution < -0.4 is 5.73 Å². The maximum atomic E-state index is 10.6. The number of hydrogen-bond donors (Lipinski definition) is 1. The lowest BCUT2D eigenvalue weighted by Crippen LogP contribution is -1.94. The Kier molecular flexibility index (Phi) is 1.70. The fraction of sp³-hybridized carbons (Fsp3) is 0. The summed E-state index contributed by atoms with van der Waals surface area (Å²) >= 11 is 0. The van der Waals surface area contributed by atoms with Crippen molar-refractivity contribution in [2.24, 2.45) is 0 Å². The minimum Gasteiger partial charge on any atom is -0.398 e. The summed E-state index contributed by atoms with van der Waals surface area (Å²) in [4.78, 5) is 14.7. The molecule has 0 saturated heterocycles. The van der Waals surface area contributed by atoms with Crippen LogP contribution in [0, 0.1) is 0 Å². The van der Waals surface area contributed by atoms with Crippen molar-refractivity contribution in [2.75, 3.05) is 5.73 Å². The van der Waals surface area contributed by atoms with E-state index in [-0.39, 0.29) is 0 Å². The fourth-order valence-electron chi connectivity index (χ4n) is 1.29. The zero-order valence-electron chi connectivity index (χ0n) is 6.90. The van der Waals surface area contributed by atoms with E-state index < -0.39 is 0 Å². The molecule has 13 heavy (non-hydrogen) atoms. The quantitative estimate of drug-likeness (QED) is 0.525. The van der Waals surface area contributed by atoms with Gasteiger partial charge in [0.1, 0.15) is 0 Å². The lowest BCUT2D eigenvalue weighted by molar-refractivity contribution is 0.112. The van der Waals surface area contributed by atoms with Crippen molar-refractivity contribution in [3.05, 3.63) is 36.0 Å². The first-order chi connectivity index (χ1) is 6.33. The van der Waals surface area contributed by atoms with E-state index in [0.717, 1.165) is 17.2 Å². The van der Waals surface area contributed by atoms with Gasteiger partial charge in [0.05, 0.1) is 11.2 Å². The number of carbonyl (C=O) groups excluding carboxylic acids is 1. The van der Waals surface area contributed by atoms with Gasteiger partial charge >= 0.3 is 0 Å². The highest BCUT2D eigenvalue weighted by atomic mass is 16.1. The summed E-state index contributed by atoms with van der Waals surface area (Å²) in [7, 11) is 0. The van der Waals surface area contributed by atoms with Crippen LogP contribution in [-0.2, 0) is 0 Å². The molecule has 0 atom stereocenters. The van der Waals surface area contributed by atoms with Gasteiger partial charge in [-0.3, -0.25) is 9.78 Å². The Hall–Kier alpha value is -1.90. The Morgan fingerprint density at radius 2 is 2.15 bits per heavy atom. The second kappa shape index (κ2) is 2.86. The zero-order valence-corrected chi connectivity index (χ0v) is 6.90. The molecular formula is C10H8N2O. The normalized spacial score (nSPS) is 10.2. The van der Waals surface area contributed by atoms with Gasteiger partial charge in [-0.15, -0.1) is 0 Å². The van der Waals surface area contributed by atoms with E-state index in [1.54, 1.807) is 24.4 Å². The molecule has 3 heteroatoms. The van der Waals surface area contributed by atoms with Crippen molar-refractivity contribution in [1.29, 1.82) is 0 Å². The van der Waals surface area contributed by atoms with Crippen molar-refractivity contribution in [2.45, 2.75) is 0 Å². The van der Waals surface area contributed by atoms with Crippen LogP contribution in [0.1, 0.15) is 10.4 Å². The van der Waals surface area contributed by atoms with Gasteiger partial charge in [0.25, 0.3) is 0 Å². The number of benzene rings is 1. The molecule has 2 N–H and O–H groups in total. The van der Waals surface area contributed by atoms with Crippen LogP contribution in [0.4, 0.5) is 5.69 Å². The van der Waals surface area contributed by atoms with E-state index in [4.69, 9.17) is 5.73 Å². The Labute approximate surface area is 75.2 Å². The highest BCUT2D eigenvalue weighted by Gasteiger charge is 2.02. The number of fused-ring (bicyclic) bond motifs is 1. The molecule has 1 aromatic heterocycles. The standard InChI is InChI=1S/C10H8N2O/c11-10-7(6-13)3-4-9-8(10)2-1-5-12-9/h1-6H,11H2. The first-order valence-electron chi connectivity index (χ1n) is 3.91. The van der Waals surface area contributed by atoms with Crippen LogP contribution in [0.15, 0.2) is 30.5 Å². The van der Waals surface area contributed by atoms with Crippen LogP contribution >= 0.6 is 0 Å². The Bertz CT molecular complexity index is 465. The number of nitrogens with two attached hydrogens (primary N) is 1. The summed E-state index contributed by atoms with van der Waals surface area (Å²) in [6, 6.07) is 7.12. The molecule has 3 nitrogen and oxygen atoms in total. The molecule has 1 aromatic carbocycles. The third kappa shape index (κ3) is 1.14. The van der Waals surface area contributed by atoms with E-state index in [9.17, 15) is 4.79 Å². The van der Waals surface area contributed by atoms with Crippen LogP contribution in [-0.4, -0.2) is 11.3 Å². The maximum Gasteiger partial charge on any atom is 0.152 e. The molecule has 0 spiro atoms. The van der Waals surface area contributed by atoms with Gasteiger partial charge in [-0.05, 0) is 24.3 Å². The van der Waals surface area contributed by atoms with E-state index in [2.05, 4.69) is 4.98 Å². The summed E-state index contributed by atoms with van der Waals surface area (Å²) in [5.41, 5.74) is 7.58. The first kappa shape index (κ1) is 7.73. The van der Waals surface area contributed by atoms with Gasteiger partial charge in [0, 0.05) is 17.1 Å². The van der Waals surface area contributed by atoms with Gasteiger partial charge in [-0.1, -0.05) is 0 Å². The molecule has 0 bridgehead atoms. The van der Waals surface area contributed by atoms with E-state index in [1.165, 1.54) is 0 Å². The van der Waals surface area contributed by atoms with E-state index >= 15 is 0 Å². The first-order valence-corrected chi connectivity index (χ1v) is 3.91. The molecule has 0 unspecified atom stereocenters. The third-order valence-corrected chi connectivity index (χ3v) is 1.99. The number of anilines is 1. The molecule has 0 radical (unpaired) electrons. The van der Waals surface area contributed by atoms with Crippen LogP contribution in [0.2, 0.25) is 0 Å². The highest BCUT2D eigenvalue weighted by molar-refractivity contribution is 5.99. The summed E-state index contributed by atoms with van der Waals surface area (Å²) < 4.78 is 0. The van der Waals surface area contributed by atoms with Gasteiger partial charge in [-0.2, -0.15) is 0 Å². The second-order valence-electron chi connectivity index (χ2n) is 2.76. The van der Waals surface area contributed by atoms with Crippen molar-refractivity contribution in [3.8, 4) is 0 Å². The SMILES string of the molecule is Nc1c(C=O)ccc2ncccc12. The number of rotatable bonds is 1. The molecule has 64 valence electrons. The average Bonchev–Trinajstić information content (AvgIpc) is 2.19. The van der Waals surface area contributed by atoms with Crippen molar-refractivity contribution >= 4 is 22.9 Å². The predicted octanol–water partition coefficient (Wildman–Crippen LogP) is 1.63. The average molecular weight is 172 g/mol. The second-order valence-corrected chi connectivity index (χ2v) is 2.76. The molecular weight excluding hydrogens is 164 g/mol. The van der Waals surface area contributed by atoms with E-state index in [1.807, 2.05) is 6.07 Å². The molecule has 0 aliphatic carbocycles. The van der Waals surface area contributed by atoms with Crippen molar-refractivity contribution in [3.63, 3.8) is 0 Å². The largest absolute Gasteiger partial charge is 0.398 e. The number of pyridine rings is 1. The molecule has 1 heterocycles. The third-order valence-electron chi connectivity index (χ3n) is 1.99. The summed E-state index contributed by atoms with van der Waals surface area (Å²) in [6.07, 6.45) is 2.45. The minimum absolute atomic E-state index is 0.501. The number of hydrogen-bond acceptors (Lipinski definition) is 3. The van der Waals surface area contributed by atoms with E-state index in [0.29, 0.717) is 11.3 Å². The molecule has 0 fully saturated rings. The fourth-order valence-corrected chi connectivity index (χ4v) is 1.29. The lowest BCUT2D eigenvalue weighted by Gasteiger charge is -2.02. The molecule has 2 aromatic rings. The highest BCUT2D eigenvalue weighted by Crippen LogP contribution is 2.21. The smallest absolute Gasteiger partial charge is 0.152 e. The number of aldehydes is 1. The van der Waals surface area contributed by atoms with Gasteiger partial charge < -0.3 is 5.73 Å². The predicted molar refractivity (Wildman–Crippen MR) is 51.5 cm³/mol. The molecule has 2 rings (SSSR count). The van der Waals surface area contributed by atoms with Gasteiger partial charge in [0.2, 0.25) is 0 Å². The van der Waals surface area contributed by atoms with Gasteiger partial charge in [0.15, 0.2) is 6.29 Å². The zero-order chi connectivity index (χ0) is 9.26. The summed E-state index contributed by atoms with van der Waals surface area (Å²) in [5.74, 6) is 0. The van der Waals surface area contributed by atoms with Crippen LogP contribution in [0.3, 0.4) is 0 Å². The topological polar surface area (TPSA) is 56.0 Å². The number of aromatic nitrogens is 1. The Morgan fingerprint density at radius 1 is 1.31 bits per heavy atom. The maximum absolute atomic E-state index is 10.6. The molecule has 0 aliphatic rings. The van der Waals surface area contributed by atoms with Crippen LogP contribution in [0.5, 0.6) is 0 Å². The van der Waals surface area contributed by atoms with Crippen molar-refractivity contribution in [1.82, 2.24) is 4.98 Å². The number of nitrogen functional groups attached to an aromatic ring is 1. The number of carbonyl (C=O) groups is 1. The summed E-state index contributed by atoms with van der Waals surface area (Å²) in [6.45, 7) is 0. The summed E-state index contributed by atoms with van der Waals surface area (Å²) in [5, 5.41) is 0.826. The molecule has 0 amide bonds. The van der Waals surface area contributed by atoms with Gasteiger partial charge in [-0.25, -0.2) is 0 Å². The molecule has 0 saturated carbocycles. The van der Waals surface area contributed by atoms with Crippen molar-refractivity contribution < 1.29 is 4.79 Å². The van der Waals surface area contributed by atoms with Crippen LogP contribution in [0.25, 0.3) is 10.9 Å². The Morgan fingerprint density at radius 3 is 2.92 bits per heavy atom. The molecule has 0 aliphatic heterocycles. The number of nitrogens with zero attached hydrogens (tertiary/aromatic N) is 1. The monoisotopic (exact) mass is 172 g/mol. The minimum atomic E-state index is 0.501. The lowest BCUT2D eigenvalue weighted by atomic mass is 10.1.